The predicted octanol–water partition coefficient (Wildman–Crippen LogP) is 2.91. The number of aryl methyl sites for hydroxylation is 1. The molecular weight excluding hydrogens is 300 g/mol. The number of ether oxygens (including phenoxy) is 1. The van der Waals surface area contributed by atoms with Crippen LogP contribution in [0.15, 0.2) is 30.3 Å². The van der Waals surface area contributed by atoms with Crippen LogP contribution < -0.4 is 0 Å². The Hall–Kier alpha value is -1.49. The van der Waals surface area contributed by atoms with E-state index in [1.54, 1.807) is 0 Å². The van der Waals surface area contributed by atoms with E-state index >= 15 is 0 Å². The molecule has 0 aliphatic carbocycles. The Morgan fingerprint density at radius 1 is 1.29 bits per heavy atom. The van der Waals surface area contributed by atoms with Gasteiger partial charge in [-0.25, -0.2) is 0 Å². The molecule has 1 aromatic heterocycles. The van der Waals surface area contributed by atoms with Gasteiger partial charge in [-0.05, 0) is 50.4 Å². The molecule has 0 bridgehead atoms. The van der Waals surface area contributed by atoms with Crippen molar-refractivity contribution in [1.29, 1.82) is 0 Å². The fraction of sp³-hybridized carbons (Fsp3) is 0.550. The zero-order valence-corrected chi connectivity index (χ0v) is 14.3. The Kier molecular flexibility index (Phi) is 4.53. The predicted molar refractivity (Wildman–Crippen MR) is 94.8 cm³/mol. The van der Waals surface area contributed by atoms with Crippen LogP contribution in [-0.4, -0.2) is 46.9 Å². The highest BCUT2D eigenvalue weighted by Gasteiger charge is 2.37. The summed E-state index contributed by atoms with van der Waals surface area (Å²) in [6.45, 7) is 5.48. The van der Waals surface area contributed by atoms with Gasteiger partial charge < -0.3 is 9.84 Å². The number of likely N-dealkylation sites (tertiary alicyclic amines) is 1. The highest BCUT2D eigenvalue weighted by molar-refractivity contribution is 5.82. The van der Waals surface area contributed by atoms with E-state index in [4.69, 9.17) is 4.74 Å². The second kappa shape index (κ2) is 6.79. The lowest BCUT2D eigenvalue weighted by Crippen LogP contribution is -2.45. The third-order valence-corrected chi connectivity index (χ3v) is 5.57. The molecule has 0 unspecified atom stereocenters. The lowest BCUT2D eigenvalue weighted by Gasteiger charge is -2.37. The van der Waals surface area contributed by atoms with Crippen molar-refractivity contribution in [3.05, 3.63) is 41.6 Å². The first-order valence-electron chi connectivity index (χ1n) is 9.07. The van der Waals surface area contributed by atoms with Crippen molar-refractivity contribution in [2.24, 2.45) is 5.92 Å². The van der Waals surface area contributed by atoms with Gasteiger partial charge in [0.2, 0.25) is 0 Å². The fourth-order valence-corrected chi connectivity index (χ4v) is 4.39. The Labute approximate surface area is 143 Å². The number of aliphatic hydroxyl groups excluding tert-OH is 1. The van der Waals surface area contributed by atoms with Gasteiger partial charge in [-0.1, -0.05) is 18.2 Å². The van der Waals surface area contributed by atoms with Crippen LogP contribution in [0.25, 0.3) is 10.9 Å². The van der Waals surface area contributed by atoms with E-state index in [1.165, 1.54) is 17.4 Å². The number of benzene rings is 1. The molecule has 3 heterocycles. The maximum absolute atomic E-state index is 10.4. The number of nitrogens with zero attached hydrogens (tertiary/aromatic N) is 2. The molecule has 1 N–H and O–H groups in total. The molecule has 1 aromatic carbocycles. The number of rotatable bonds is 3. The van der Waals surface area contributed by atoms with Crippen molar-refractivity contribution >= 4 is 10.9 Å². The summed E-state index contributed by atoms with van der Waals surface area (Å²) >= 11 is 0. The normalized spacial score (nSPS) is 28.5. The largest absolute Gasteiger partial charge is 0.393 e. The van der Waals surface area contributed by atoms with Crippen LogP contribution in [0.1, 0.15) is 30.5 Å². The van der Waals surface area contributed by atoms with Gasteiger partial charge >= 0.3 is 0 Å². The number of fused-ring (bicyclic) bond motifs is 1. The first kappa shape index (κ1) is 16.0. The van der Waals surface area contributed by atoms with Crippen molar-refractivity contribution in [2.75, 3.05) is 19.8 Å². The summed E-state index contributed by atoms with van der Waals surface area (Å²) in [5.41, 5.74) is 3.49. The Bertz CT molecular complexity index is 718. The lowest BCUT2D eigenvalue weighted by atomic mass is 9.89. The molecule has 2 aliphatic heterocycles. The third kappa shape index (κ3) is 3.06. The number of hydrogen-bond acceptors (Lipinski definition) is 4. The van der Waals surface area contributed by atoms with Crippen molar-refractivity contribution in [1.82, 2.24) is 9.88 Å². The fourth-order valence-electron chi connectivity index (χ4n) is 4.39. The molecule has 128 valence electrons. The van der Waals surface area contributed by atoms with E-state index in [0.29, 0.717) is 19.3 Å². The zero-order valence-electron chi connectivity index (χ0n) is 14.3. The zero-order chi connectivity index (χ0) is 16.5. The summed E-state index contributed by atoms with van der Waals surface area (Å²) in [6.07, 6.45) is 2.91. The molecule has 3 atom stereocenters. The van der Waals surface area contributed by atoms with E-state index in [2.05, 4.69) is 41.1 Å². The first-order valence-corrected chi connectivity index (χ1v) is 9.07. The van der Waals surface area contributed by atoms with Crippen LogP contribution in [0, 0.1) is 12.8 Å². The van der Waals surface area contributed by atoms with E-state index < -0.39 is 0 Å². The minimum Gasteiger partial charge on any atom is -0.393 e. The van der Waals surface area contributed by atoms with Crippen molar-refractivity contribution < 1.29 is 9.84 Å². The maximum Gasteiger partial charge on any atom is 0.0708 e. The maximum atomic E-state index is 10.4. The first-order chi connectivity index (χ1) is 11.7. The van der Waals surface area contributed by atoms with Crippen molar-refractivity contribution in [2.45, 2.75) is 44.9 Å². The highest BCUT2D eigenvalue weighted by Crippen LogP contribution is 2.32. The molecule has 0 amide bonds. The topological polar surface area (TPSA) is 45.6 Å². The average Bonchev–Trinajstić information content (AvgIpc) is 3.03. The summed E-state index contributed by atoms with van der Waals surface area (Å²) in [4.78, 5) is 7.20. The molecular formula is C20H26N2O2. The summed E-state index contributed by atoms with van der Waals surface area (Å²) in [5.74, 6) is 0.246. The lowest BCUT2D eigenvalue weighted by molar-refractivity contribution is -0.0635. The van der Waals surface area contributed by atoms with Crippen LogP contribution >= 0.6 is 0 Å². The number of aromatic nitrogens is 1. The van der Waals surface area contributed by atoms with Crippen LogP contribution in [0.5, 0.6) is 0 Å². The van der Waals surface area contributed by atoms with Gasteiger partial charge in [0.1, 0.15) is 0 Å². The molecule has 2 fully saturated rings. The van der Waals surface area contributed by atoms with Crippen LogP contribution in [0.3, 0.4) is 0 Å². The van der Waals surface area contributed by atoms with Gasteiger partial charge in [-0.2, -0.15) is 0 Å². The molecule has 0 saturated carbocycles. The van der Waals surface area contributed by atoms with Gasteiger partial charge in [-0.3, -0.25) is 9.88 Å². The van der Waals surface area contributed by atoms with Crippen LogP contribution in [-0.2, 0) is 11.3 Å². The molecule has 4 nitrogen and oxygen atoms in total. The molecule has 4 rings (SSSR count). The van der Waals surface area contributed by atoms with E-state index in [1.807, 2.05) is 6.07 Å². The second-order valence-corrected chi connectivity index (χ2v) is 7.21. The van der Waals surface area contributed by atoms with E-state index in [0.717, 1.165) is 37.1 Å². The number of hydrogen-bond donors (Lipinski definition) is 1. The smallest absolute Gasteiger partial charge is 0.0708 e. The third-order valence-electron chi connectivity index (χ3n) is 5.57. The molecule has 0 radical (unpaired) electrons. The summed E-state index contributed by atoms with van der Waals surface area (Å²) in [6, 6.07) is 11.0. The molecule has 2 saturated heterocycles. The summed E-state index contributed by atoms with van der Waals surface area (Å²) in [7, 11) is 0. The number of aliphatic hydroxyl groups is 1. The minimum atomic E-state index is -0.222. The SMILES string of the molecule is Cc1cc(CN2CCC[C@@H]2[C@@H]2COCC[C@@H]2O)c2ccccc2n1. The molecule has 2 aromatic rings. The standard InChI is InChI=1S/C20H26N2O2/c1-14-11-15(16-5-2-3-6-18(16)21-14)12-22-9-4-7-19(22)17-13-24-10-8-20(17)23/h2-3,5-6,11,17,19-20,23H,4,7-10,12-13H2,1H3/t17-,19+,20-/m0/s1. The van der Waals surface area contributed by atoms with Crippen molar-refractivity contribution in [3.63, 3.8) is 0 Å². The molecule has 24 heavy (non-hydrogen) atoms. The number of pyridine rings is 1. The monoisotopic (exact) mass is 326 g/mol. The Morgan fingerprint density at radius 3 is 3.04 bits per heavy atom. The molecule has 0 spiro atoms. The van der Waals surface area contributed by atoms with E-state index in [9.17, 15) is 5.11 Å². The summed E-state index contributed by atoms with van der Waals surface area (Å²) in [5, 5.41) is 11.7. The molecule has 2 aliphatic rings. The van der Waals surface area contributed by atoms with Crippen molar-refractivity contribution in [3.8, 4) is 0 Å². The second-order valence-electron chi connectivity index (χ2n) is 7.21. The van der Waals surface area contributed by atoms with Gasteiger partial charge in [0, 0.05) is 36.2 Å². The van der Waals surface area contributed by atoms with Crippen LogP contribution in [0.2, 0.25) is 0 Å². The summed E-state index contributed by atoms with van der Waals surface area (Å²) < 4.78 is 5.66. The Balaban J connectivity index is 1.60. The minimum absolute atomic E-state index is 0.222. The van der Waals surface area contributed by atoms with Crippen LogP contribution in [0.4, 0.5) is 0 Å². The molecule has 4 heteroatoms. The van der Waals surface area contributed by atoms with Gasteiger partial charge in [-0.15, -0.1) is 0 Å². The van der Waals surface area contributed by atoms with E-state index in [-0.39, 0.29) is 12.0 Å². The highest BCUT2D eigenvalue weighted by atomic mass is 16.5. The van der Waals surface area contributed by atoms with Gasteiger partial charge in [0.25, 0.3) is 0 Å². The quantitative estimate of drug-likeness (QED) is 0.942. The van der Waals surface area contributed by atoms with Gasteiger partial charge in [0.05, 0.1) is 18.2 Å². The number of para-hydroxylation sites is 1. The van der Waals surface area contributed by atoms with Gasteiger partial charge in [0.15, 0.2) is 0 Å². The average molecular weight is 326 g/mol. The Morgan fingerprint density at radius 2 is 2.17 bits per heavy atom.